The van der Waals surface area contributed by atoms with Gasteiger partial charge in [0, 0.05) is 11.8 Å². The van der Waals surface area contributed by atoms with E-state index >= 15 is 0 Å². The van der Waals surface area contributed by atoms with Gasteiger partial charge in [-0.05, 0) is 104 Å². The van der Waals surface area contributed by atoms with Gasteiger partial charge in [0.2, 0.25) is 0 Å². The molecule has 2 saturated carbocycles. The maximum Gasteiger partial charge on any atom is 0.317 e. The summed E-state index contributed by atoms with van der Waals surface area (Å²) < 4.78 is 5.57. The number of esters is 1. The first-order valence-electron chi connectivity index (χ1n) is 14.6. The Labute approximate surface area is 229 Å². The quantitative estimate of drug-likeness (QED) is 0.202. The van der Waals surface area contributed by atoms with Gasteiger partial charge in [-0.15, -0.1) is 0 Å². The molecule has 6 atom stereocenters. The fraction of sp³-hybridized carbons (Fsp3) is 0.727. The number of Topliss-reactive ketones (excluding diaryl/α,β-unsaturated/α-hetero) is 1. The standard InChI is InChI=1S/C33H48O5/c1-21(2)9-8-10-22(20-38-29(37)19-28(35)36)23-13-17-33(7)25-11-12-26-30(3,4)27(34)15-16-31(26,5)24(25)14-18-32(23,33)6/h9,11,14,22-23,26H,8,10,12-13,15-20H2,1-7H3,(H,35,36)/t22-,23+,26-,31+,32+,33-/m0/s1. The van der Waals surface area contributed by atoms with Gasteiger partial charge in [-0.3, -0.25) is 14.4 Å². The maximum absolute atomic E-state index is 12.9. The van der Waals surface area contributed by atoms with E-state index in [1.807, 2.05) is 0 Å². The van der Waals surface area contributed by atoms with Crippen LogP contribution in [0, 0.1) is 39.4 Å². The number of carboxylic acids is 1. The van der Waals surface area contributed by atoms with Gasteiger partial charge < -0.3 is 9.84 Å². The van der Waals surface area contributed by atoms with Crippen molar-refractivity contribution >= 4 is 17.7 Å². The summed E-state index contributed by atoms with van der Waals surface area (Å²) in [6.07, 6.45) is 14.2. The molecular weight excluding hydrogens is 476 g/mol. The predicted molar refractivity (Wildman–Crippen MR) is 149 cm³/mol. The van der Waals surface area contributed by atoms with Crippen molar-refractivity contribution in [1.29, 1.82) is 0 Å². The van der Waals surface area contributed by atoms with Gasteiger partial charge in [0.1, 0.15) is 12.2 Å². The Balaban J connectivity index is 1.64. The van der Waals surface area contributed by atoms with Crippen LogP contribution in [0.15, 0.2) is 34.9 Å². The molecule has 4 aliphatic rings. The minimum absolute atomic E-state index is 0.0269. The van der Waals surface area contributed by atoms with E-state index in [9.17, 15) is 14.4 Å². The average molecular weight is 525 g/mol. The molecular formula is C33H48O5. The number of hydrogen-bond donors (Lipinski definition) is 1. The average Bonchev–Trinajstić information content (AvgIpc) is 3.09. The summed E-state index contributed by atoms with van der Waals surface area (Å²) >= 11 is 0. The van der Waals surface area contributed by atoms with Gasteiger partial charge in [-0.1, -0.05) is 58.4 Å². The molecule has 0 radical (unpaired) electrons. The second-order valence-corrected chi connectivity index (χ2v) is 14.1. The SMILES string of the molecule is CC(C)=CCC[C@@H](COC(=O)CC(=O)O)[C@H]1CC[C@@]2(C)C3=CC[C@H]4C(C)(C)C(=O)CC[C@]4(C)C3=CC[C@]12C. The first-order chi connectivity index (χ1) is 17.7. The largest absolute Gasteiger partial charge is 0.481 e. The lowest BCUT2D eigenvalue weighted by Gasteiger charge is -2.59. The van der Waals surface area contributed by atoms with Gasteiger partial charge in [0.25, 0.3) is 0 Å². The summed E-state index contributed by atoms with van der Waals surface area (Å²) in [5.74, 6) is -0.494. The van der Waals surface area contributed by atoms with Crippen LogP contribution < -0.4 is 0 Å². The maximum atomic E-state index is 12.9. The molecule has 0 aromatic carbocycles. The number of rotatable bonds is 8. The number of fused-ring (bicyclic) bond motifs is 5. The highest BCUT2D eigenvalue weighted by Gasteiger charge is 2.63. The van der Waals surface area contributed by atoms with Crippen molar-refractivity contribution in [2.24, 2.45) is 39.4 Å². The third kappa shape index (κ3) is 4.62. The van der Waals surface area contributed by atoms with Crippen LogP contribution in [0.4, 0.5) is 0 Å². The lowest BCUT2D eigenvalue weighted by molar-refractivity contribution is -0.153. The molecule has 0 aromatic rings. The Bertz CT molecular complexity index is 1090. The van der Waals surface area contributed by atoms with E-state index in [0.29, 0.717) is 24.0 Å². The monoisotopic (exact) mass is 524 g/mol. The molecule has 5 heteroatoms. The molecule has 2 fully saturated rings. The molecule has 1 N–H and O–H groups in total. The molecule has 210 valence electrons. The normalized spacial score (nSPS) is 36.1. The number of carbonyl (C=O) groups excluding carboxylic acids is 2. The lowest BCUT2D eigenvalue weighted by Crippen LogP contribution is -2.53. The van der Waals surface area contributed by atoms with Gasteiger partial charge in [0.05, 0.1) is 6.61 Å². The Hall–Kier alpha value is -2.17. The summed E-state index contributed by atoms with van der Waals surface area (Å²) in [6, 6.07) is 0. The van der Waals surface area contributed by atoms with Crippen LogP contribution in [-0.2, 0) is 19.1 Å². The highest BCUT2D eigenvalue weighted by Crippen LogP contribution is 2.71. The number of ketones is 1. The number of ether oxygens (including phenoxy) is 1. The number of hydrogen-bond acceptors (Lipinski definition) is 4. The first-order valence-corrected chi connectivity index (χ1v) is 14.6. The van der Waals surface area contributed by atoms with Crippen molar-refractivity contribution in [1.82, 2.24) is 0 Å². The predicted octanol–water partition coefficient (Wildman–Crippen LogP) is 7.46. The first kappa shape index (κ1) is 28.8. The number of carbonyl (C=O) groups is 3. The van der Waals surface area contributed by atoms with Crippen LogP contribution in [0.2, 0.25) is 0 Å². The minimum Gasteiger partial charge on any atom is -0.481 e. The summed E-state index contributed by atoms with van der Waals surface area (Å²) in [4.78, 5) is 36.0. The van der Waals surface area contributed by atoms with Crippen molar-refractivity contribution in [3.05, 3.63) is 34.9 Å². The van der Waals surface area contributed by atoms with Gasteiger partial charge in [-0.2, -0.15) is 0 Å². The highest BCUT2D eigenvalue weighted by molar-refractivity contribution is 5.90. The Kier molecular flexibility index (Phi) is 7.66. The third-order valence-corrected chi connectivity index (χ3v) is 11.5. The van der Waals surface area contributed by atoms with Crippen molar-refractivity contribution in [3.8, 4) is 0 Å². The van der Waals surface area contributed by atoms with Crippen molar-refractivity contribution in [2.75, 3.05) is 6.61 Å². The molecule has 0 amide bonds. The molecule has 0 spiro atoms. The topological polar surface area (TPSA) is 80.7 Å². The number of allylic oxidation sites excluding steroid dienone is 6. The molecule has 0 aromatic heterocycles. The van der Waals surface area contributed by atoms with Gasteiger partial charge in [0.15, 0.2) is 0 Å². The van der Waals surface area contributed by atoms with E-state index in [-0.39, 0.29) is 34.2 Å². The Morgan fingerprint density at radius 2 is 1.82 bits per heavy atom. The third-order valence-electron chi connectivity index (χ3n) is 11.5. The van der Waals surface area contributed by atoms with E-state index in [2.05, 4.69) is 66.7 Å². The van der Waals surface area contributed by atoms with E-state index in [0.717, 1.165) is 44.9 Å². The molecule has 38 heavy (non-hydrogen) atoms. The van der Waals surface area contributed by atoms with Crippen molar-refractivity contribution in [2.45, 2.75) is 106 Å². The molecule has 0 bridgehead atoms. The second-order valence-electron chi connectivity index (χ2n) is 14.1. The van der Waals surface area contributed by atoms with Crippen LogP contribution in [0.5, 0.6) is 0 Å². The van der Waals surface area contributed by atoms with E-state index in [1.54, 1.807) is 0 Å². The van der Waals surface area contributed by atoms with Crippen LogP contribution in [0.1, 0.15) is 106 Å². The molecule has 4 aliphatic carbocycles. The molecule has 0 heterocycles. The van der Waals surface area contributed by atoms with Gasteiger partial charge in [-0.25, -0.2) is 0 Å². The zero-order chi connectivity index (χ0) is 28.1. The second kappa shape index (κ2) is 10.1. The molecule has 4 rings (SSSR count). The summed E-state index contributed by atoms with van der Waals surface area (Å²) in [5, 5.41) is 9.01. The van der Waals surface area contributed by atoms with E-state index < -0.39 is 18.4 Å². The van der Waals surface area contributed by atoms with E-state index in [4.69, 9.17) is 9.84 Å². The van der Waals surface area contributed by atoms with Crippen LogP contribution in [0.3, 0.4) is 0 Å². The number of carboxylic acid groups (broad SMARTS) is 1. The Morgan fingerprint density at radius 1 is 1.11 bits per heavy atom. The fourth-order valence-electron chi connectivity index (χ4n) is 8.96. The number of aliphatic carboxylic acids is 1. The highest BCUT2D eigenvalue weighted by atomic mass is 16.5. The van der Waals surface area contributed by atoms with Crippen molar-refractivity contribution < 1.29 is 24.2 Å². The van der Waals surface area contributed by atoms with Crippen LogP contribution in [0.25, 0.3) is 0 Å². The van der Waals surface area contributed by atoms with Crippen LogP contribution in [-0.4, -0.2) is 29.4 Å². The summed E-state index contributed by atoms with van der Waals surface area (Å²) in [5.41, 5.74) is 4.06. The molecule has 0 aliphatic heterocycles. The van der Waals surface area contributed by atoms with E-state index in [1.165, 1.54) is 16.7 Å². The smallest absolute Gasteiger partial charge is 0.317 e. The van der Waals surface area contributed by atoms with Gasteiger partial charge >= 0.3 is 11.9 Å². The molecule has 5 nitrogen and oxygen atoms in total. The van der Waals surface area contributed by atoms with Crippen molar-refractivity contribution in [3.63, 3.8) is 0 Å². The lowest BCUT2D eigenvalue weighted by atomic mass is 9.44. The zero-order valence-electron chi connectivity index (χ0n) is 24.6. The molecule has 0 unspecified atom stereocenters. The minimum atomic E-state index is -1.15. The molecule has 0 saturated heterocycles. The zero-order valence-corrected chi connectivity index (χ0v) is 24.6. The summed E-state index contributed by atoms with van der Waals surface area (Å²) in [7, 11) is 0. The van der Waals surface area contributed by atoms with Crippen LogP contribution >= 0.6 is 0 Å². The fourth-order valence-corrected chi connectivity index (χ4v) is 8.96. The Morgan fingerprint density at radius 3 is 2.47 bits per heavy atom. The summed E-state index contributed by atoms with van der Waals surface area (Å²) in [6.45, 7) is 16.1.